The van der Waals surface area contributed by atoms with Crippen molar-refractivity contribution >= 4 is 34.9 Å². The number of aldehydes is 1. The maximum atomic E-state index is 13.2. The Hall–Kier alpha value is -3.28. The number of carbonyl (C=O) groups is 4. The second kappa shape index (κ2) is 12.8. The van der Waals surface area contributed by atoms with Crippen molar-refractivity contribution in [1.29, 1.82) is 0 Å². The quantitative estimate of drug-likeness (QED) is 0.189. The molecule has 37 heavy (non-hydrogen) atoms. The van der Waals surface area contributed by atoms with Gasteiger partial charge in [0.05, 0.1) is 37.4 Å². The molecular formula is C26H38N6O5. The van der Waals surface area contributed by atoms with Crippen LogP contribution in [0.1, 0.15) is 32.8 Å². The highest BCUT2D eigenvalue weighted by molar-refractivity contribution is 5.91. The number of aromatic amines is 1. The van der Waals surface area contributed by atoms with Gasteiger partial charge in [0.15, 0.2) is 0 Å². The van der Waals surface area contributed by atoms with E-state index < -0.39 is 29.6 Å². The van der Waals surface area contributed by atoms with Crippen molar-refractivity contribution in [3.05, 3.63) is 36.0 Å². The van der Waals surface area contributed by atoms with E-state index in [1.54, 1.807) is 6.92 Å². The molecule has 1 aromatic carbocycles. The maximum Gasteiger partial charge on any atom is 0.242 e. The van der Waals surface area contributed by atoms with Crippen molar-refractivity contribution in [3.8, 4) is 0 Å². The molecule has 0 aliphatic carbocycles. The van der Waals surface area contributed by atoms with Crippen LogP contribution in [0.2, 0.25) is 0 Å². The number of ether oxygens (including phenoxy) is 1. The molecule has 1 aliphatic rings. The van der Waals surface area contributed by atoms with Gasteiger partial charge < -0.3 is 36.2 Å². The Morgan fingerprint density at radius 1 is 1.14 bits per heavy atom. The maximum absolute atomic E-state index is 13.2. The van der Waals surface area contributed by atoms with Gasteiger partial charge >= 0.3 is 0 Å². The van der Waals surface area contributed by atoms with Crippen molar-refractivity contribution in [2.75, 3.05) is 26.3 Å². The molecule has 0 spiro atoms. The summed E-state index contributed by atoms with van der Waals surface area (Å²) in [7, 11) is 0. The number of hydrogen-bond donors (Lipinski definition) is 6. The Bertz CT molecular complexity index is 1090. The summed E-state index contributed by atoms with van der Waals surface area (Å²) in [6.07, 6.45) is 3.40. The number of rotatable bonds is 14. The average molecular weight is 515 g/mol. The third kappa shape index (κ3) is 7.85. The van der Waals surface area contributed by atoms with E-state index in [1.165, 1.54) is 0 Å². The fraction of sp³-hybridized carbons (Fsp3) is 0.538. The number of nitrogens with two attached hydrogens (primary N) is 1. The lowest BCUT2D eigenvalue weighted by atomic mass is 9.96. The first-order valence-corrected chi connectivity index (χ1v) is 12.6. The van der Waals surface area contributed by atoms with Crippen LogP contribution in [-0.2, 0) is 30.3 Å². The summed E-state index contributed by atoms with van der Waals surface area (Å²) in [6.45, 7) is 6.30. The molecule has 0 bridgehead atoms. The molecule has 11 nitrogen and oxygen atoms in total. The van der Waals surface area contributed by atoms with Crippen molar-refractivity contribution in [2.45, 2.75) is 57.3 Å². The monoisotopic (exact) mass is 514 g/mol. The first kappa shape index (κ1) is 28.3. The van der Waals surface area contributed by atoms with Gasteiger partial charge in [0.2, 0.25) is 17.7 Å². The fourth-order valence-corrected chi connectivity index (χ4v) is 4.21. The van der Waals surface area contributed by atoms with E-state index in [9.17, 15) is 19.2 Å². The van der Waals surface area contributed by atoms with Gasteiger partial charge in [-0.1, -0.05) is 32.0 Å². The topological polar surface area (TPSA) is 167 Å². The highest BCUT2D eigenvalue weighted by Crippen LogP contribution is 2.20. The first-order valence-electron chi connectivity index (χ1n) is 12.6. The van der Waals surface area contributed by atoms with Crippen LogP contribution in [0.15, 0.2) is 30.5 Å². The zero-order valence-corrected chi connectivity index (χ0v) is 21.6. The molecule has 2 heterocycles. The first-order chi connectivity index (χ1) is 17.6. The van der Waals surface area contributed by atoms with Gasteiger partial charge in [-0.3, -0.25) is 19.7 Å². The zero-order chi connectivity index (χ0) is 27.0. The SMILES string of the molecule is CC(C)CC(C=O)NC(=O)CNC1(CNC(=O)C(Cc2c[nH]c3ccccc23)NC(=O)C(C)N)COC1. The van der Waals surface area contributed by atoms with Gasteiger partial charge in [-0.05, 0) is 30.9 Å². The summed E-state index contributed by atoms with van der Waals surface area (Å²) in [5.74, 6) is -0.834. The van der Waals surface area contributed by atoms with Crippen molar-refractivity contribution in [1.82, 2.24) is 26.3 Å². The molecular weight excluding hydrogens is 476 g/mol. The molecule has 1 aromatic heterocycles. The van der Waals surface area contributed by atoms with Crippen LogP contribution in [0.4, 0.5) is 0 Å². The molecule has 2 aromatic rings. The highest BCUT2D eigenvalue weighted by Gasteiger charge is 2.39. The number of benzene rings is 1. The summed E-state index contributed by atoms with van der Waals surface area (Å²) in [4.78, 5) is 52.4. The molecule has 1 saturated heterocycles. The van der Waals surface area contributed by atoms with E-state index in [0.29, 0.717) is 19.6 Å². The number of nitrogens with one attached hydrogen (secondary N) is 5. The largest absolute Gasteiger partial charge is 0.377 e. The Morgan fingerprint density at radius 2 is 1.86 bits per heavy atom. The molecule has 0 saturated carbocycles. The van der Waals surface area contributed by atoms with E-state index in [0.717, 1.165) is 22.8 Å². The number of fused-ring (bicyclic) bond motifs is 1. The smallest absolute Gasteiger partial charge is 0.242 e. The van der Waals surface area contributed by atoms with Crippen molar-refractivity contribution in [3.63, 3.8) is 0 Å². The molecule has 11 heteroatoms. The van der Waals surface area contributed by atoms with Crippen LogP contribution in [0.3, 0.4) is 0 Å². The van der Waals surface area contributed by atoms with Crippen molar-refractivity contribution in [2.24, 2.45) is 11.7 Å². The molecule has 7 N–H and O–H groups in total. The van der Waals surface area contributed by atoms with Gasteiger partial charge in [0.1, 0.15) is 12.3 Å². The lowest BCUT2D eigenvalue weighted by molar-refractivity contribution is -0.131. The van der Waals surface area contributed by atoms with E-state index in [-0.39, 0.29) is 37.2 Å². The minimum absolute atomic E-state index is 0.0259. The predicted octanol–water partition coefficient (Wildman–Crippen LogP) is -0.253. The average Bonchev–Trinajstić information content (AvgIpc) is 3.24. The molecule has 3 rings (SSSR count). The minimum Gasteiger partial charge on any atom is -0.377 e. The summed E-state index contributed by atoms with van der Waals surface area (Å²) >= 11 is 0. The van der Waals surface area contributed by atoms with E-state index in [4.69, 9.17) is 10.5 Å². The molecule has 1 fully saturated rings. The van der Waals surface area contributed by atoms with Gasteiger partial charge in [-0.2, -0.15) is 0 Å². The van der Waals surface area contributed by atoms with Gasteiger partial charge in [-0.25, -0.2) is 0 Å². The molecule has 3 atom stereocenters. The number of para-hydroxylation sites is 1. The fourth-order valence-electron chi connectivity index (χ4n) is 4.21. The van der Waals surface area contributed by atoms with Crippen LogP contribution in [0, 0.1) is 5.92 Å². The van der Waals surface area contributed by atoms with E-state index in [2.05, 4.69) is 26.3 Å². The van der Waals surface area contributed by atoms with Gasteiger partial charge in [0.25, 0.3) is 0 Å². The molecule has 202 valence electrons. The molecule has 3 amide bonds. The number of aromatic nitrogens is 1. The van der Waals surface area contributed by atoms with Crippen LogP contribution in [-0.4, -0.2) is 79.0 Å². The van der Waals surface area contributed by atoms with Crippen molar-refractivity contribution < 1.29 is 23.9 Å². The normalized spacial score (nSPS) is 16.9. The Balaban J connectivity index is 1.61. The number of hydrogen-bond acceptors (Lipinski definition) is 7. The van der Waals surface area contributed by atoms with Crippen LogP contribution < -0.4 is 27.0 Å². The molecule has 3 unspecified atom stereocenters. The highest BCUT2D eigenvalue weighted by atomic mass is 16.5. The Labute approximate surface area is 216 Å². The minimum atomic E-state index is -0.844. The number of amides is 3. The van der Waals surface area contributed by atoms with Crippen LogP contribution in [0.25, 0.3) is 10.9 Å². The van der Waals surface area contributed by atoms with E-state index >= 15 is 0 Å². The van der Waals surface area contributed by atoms with Crippen LogP contribution >= 0.6 is 0 Å². The second-order valence-corrected chi connectivity index (χ2v) is 10.2. The number of H-pyrrole nitrogens is 1. The molecule has 1 aliphatic heterocycles. The Morgan fingerprint density at radius 3 is 2.49 bits per heavy atom. The standard InChI is InChI=1S/C26H38N6O5/c1-16(2)8-19(12-33)31-23(34)11-30-26(14-37-15-26)13-29-25(36)22(32-24(35)17(3)27)9-18-10-28-21-7-5-4-6-20(18)21/h4-7,10,12,16-17,19,22,28,30H,8-9,11,13-15,27H2,1-3H3,(H,29,36)(H,31,34)(H,32,35). The summed E-state index contributed by atoms with van der Waals surface area (Å²) < 4.78 is 5.36. The lowest BCUT2D eigenvalue weighted by Crippen LogP contribution is -2.68. The second-order valence-electron chi connectivity index (χ2n) is 10.2. The summed E-state index contributed by atoms with van der Waals surface area (Å²) in [5, 5.41) is 12.5. The predicted molar refractivity (Wildman–Crippen MR) is 140 cm³/mol. The number of carbonyl (C=O) groups excluding carboxylic acids is 4. The summed E-state index contributed by atoms with van der Waals surface area (Å²) in [5.41, 5.74) is 6.93. The third-order valence-corrected chi connectivity index (χ3v) is 6.36. The van der Waals surface area contributed by atoms with Gasteiger partial charge in [0, 0.05) is 30.1 Å². The van der Waals surface area contributed by atoms with Gasteiger partial charge in [-0.15, -0.1) is 0 Å². The van der Waals surface area contributed by atoms with Crippen LogP contribution in [0.5, 0.6) is 0 Å². The third-order valence-electron chi connectivity index (χ3n) is 6.36. The van der Waals surface area contributed by atoms with E-state index in [1.807, 2.05) is 44.3 Å². The summed E-state index contributed by atoms with van der Waals surface area (Å²) in [6, 6.07) is 5.58. The lowest BCUT2D eigenvalue weighted by Gasteiger charge is -2.42. The molecule has 0 radical (unpaired) electrons. The Kier molecular flexibility index (Phi) is 9.79. The zero-order valence-electron chi connectivity index (χ0n) is 21.6.